The Hall–Kier alpha value is -1.97. The molecule has 0 aliphatic heterocycles. The van der Waals surface area contributed by atoms with Crippen LogP contribution in [0.3, 0.4) is 0 Å². The normalized spacial score (nSPS) is 17.0. The quantitative estimate of drug-likeness (QED) is 0.419. The molecule has 1 atom stereocenters. The van der Waals surface area contributed by atoms with Gasteiger partial charge >= 0.3 is 5.97 Å². The van der Waals surface area contributed by atoms with Crippen molar-refractivity contribution in [1.82, 2.24) is 9.79 Å². The molecule has 0 heterocycles. The summed E-state index contributed by atoms with van der Waals surface area (Å²) in [5.74, 6) is -1.11. The van der Waals surface area contributed by atoms with E-state index in [1.165, 1.54) is 58.2 Å². The summed E-state index contributed by atoms with van der Waals surface area (Å²) in [5.41, 5.74) is 0.0414. The van der Waals surface area contributed by atoms with Crippen LogP contribution in [0.4, 0.5) is 0 Å². The molecule has 1 amide bonds. The second kappa shape index (κ2) is 9.99. The van der Waals surface area contributed by atoms with Crippen molar-refractivity contribution in [3.05, 3.63) is 29.8 Å². The van der Waals surface area contributed by atoms with Crippen LogP contribution in [-0.4, -0.2) is 51.1 Å². The van der Waals surface area contributed by atoms with Gasteiger partial charge in [0.15, 0.2) is 6.10 Å². The van der Waals surface area contributed by atoms with Crippen LogP contribution >= 0.6 is 0 Å². The molecule has 1 fully saturated rings. The van der Waals surface area contributed by atoms with Crippen LogP contribution in [0, 0.1) is 0 Å². The average molecular weight is 413 g/mol. The minimum Gasteiger partial charge on any atom is -0.449 e. The minimum atomic E-state index is -3.89. The Kier molecular flexibility index (Phi) is 7.97. The number of nitrogens with one attached hydrogen (secondary N) is 1. The third kappa shape index (κ3) is 5.76. The number of ether oxygens (including phenoxy) is 1. The van der Waals surface area contributed by atoms with E-state index in [1.807, 2.05) is 0 Å². The molecule has 0 bridgehead atoms. The first-order chi connectivity index (χ1) is 13.3. The van der Waals surface area contributed by atoms with Gasteiger partial charge in [-0.05, 0) is 38.0 Å². The molecule has 1 N–H and O–H groups in total. The maximum Gasteiger partial charge on any atom is 0.338 e. The van der Waals surface area contributed by atoms with E-state index < -0.39 is 22.1 Å². The maximum absolute atomic E-state index is 12.4. The molecule has 2 rings (SSSR count). The van der Waals surface area contributed by atoms with Gasteiger partial charge in [-0.2, -0.15) is 0 Å². The second-order valence-electron chi connectivity index (χ2n) is 6.87. The van der Waals surface area contributed by atoms with E-state index in [1.54, 1.807) is 0 Å². The molecular formula is C19H28N2O6S. The highest BCUT2D eigenvalue weighted by Gasteiger charge is 2.25. The van der Waals surface area contributed by atoms with E-state index in [4.69, 9.17) is 9.57 Å². The van der Waals surface area contributed by atoms with E-state index in [9.17, 15) is 18.0 Å². The van der Waals surface area contributed by atoms with Crippen LogP contribution in [0.1, 0.15) is 55.8 Å². The third-order valence-electron chi connectivity index (χ3n) is 4.82. The molecule has 0 saturated heterocycles. The van der Waals surface area contributed by atoms with E-state index in [2.05, 4.69) is 5.32 Å². The van der Waals surface area contributed by atoms with Gasteiger partial charge in [0.25, 0.3) is 15.9 Å². The van der Waals surface area contributed by atoms with Gasteiger partial charge < -0.3 is 10.1 Å². The third-order valence-corrected chi connectivity index (χ3v) is 6.49. The highest BCUT2D eigenvalue weighted by atomic mass is 32.2. The standard InChI is InChI=1S/C19H28N2O6S/c1-14(18(22)20-16-10-6-4-5-7-11-16)27-19(23)15-9-8-12-17(13-15)28(24,25)21(2)26-3/h8-9,12-14,16H,4-7,10-11H2,1-3H3,(H,20,22)/t14-/m1/s1. The molecule has 1 aliphatic rings. The summed E-state index contributed by atoms with van der Waals surface area (Å²) in [6.45, 7) is 1.50. The lowest BCUT2D eigenvalue weighted by Gasteiger charge is -2.20. The fraction of sp³-hybridized carbons (Fsp3) is 0.579. The summed E-state index contributed by atoms with van der Waals surface area (Å²) in [6, 6.07) is 5.52. The molecular weight excluding hydrogens is 384 g/mol. The molecule has 0 aromatic heterocycles. The van der Waals surface area contributed by atoms with Crippen LogP contribution < -0.4 is 5.32 Å². The summed E-state index contributed by atoms with van der Waals surface area (Å²) in [6.07, 6.45) is 5.39. The minimum absolute atomic E-state index is 0.0414. The predicted octanol–water partition coefficient (Wildman–Crippen LogP) is 2.25. The molecule has 1 aromatic rings. The Bertz CT molecular complexity index is 787. The van der Waals surface area contributed by atoms with E-state index in [-0.39, 0.29) is 22.4 Å². The fourth-order valence-corrected chi connectivity index (χ4v) is 4.07. The molecule has 9 heteroatoms. The van der Waals surface area contributed by atoms with Crippen molar-refractivity contribution >= 4 is 21.9 Å². The Labute approximate surface area is 166 Å². The van der Waals surface area contributed by atoms with Gasteiger partial charge in [-0.15, -0.1) is 0 Å². The van der Waals surface area contributed by atoms with Crippen LogP contribution in [0.25, 0.3) is 0 Å². The summed E-state index contributed by atoms with van der Waals surface area (Å²) in [4.78, 5) is 29.3. The second-order valence-corrected chi connectivity index (χ2v) is 8.81. The van der Waals surface area contributed by atoms with Gasteiger partial charge in [-0.1, -0.05) is 36.2 Å². The summed E-state index contributed by atoms with van der Waals surface area (Å²) < 4.78 is 30.5. The lowest BCUT2D eigenvalue weighted by Crippen LogP contribution is -2.41. The molecule has 8 nitrogen and oxygen atoms in total. The summed E-state index contributed by atoms with van der Waals surface area (Å²) in [7, 11) is -1.41. The molecule has 1 saturated carbocycles. The smallest absolute Gasteiger partial charge is 0.338 e. The average Bonchev–Trinajstić information content (AvgIpc) is 2.95. The number of hydrogen-bond acceptors (Lipinski definition) is 6. The zero-order chi connectivity index (χ0) is 20.7. The highest BCUT2D eigenvalue weighted by molar-refractivity contribution is 7.89. The number of hydrogen-bond donors (Lipinski definition) is 1. The fourth-order valence-electron chi connectivity index (χ4n) is 3.05. The van der Waals surface area contributed by atoms with Crippen LogP contribution in [-0.2, 0) is 24.4 Å². The molecule has 28 heavy (non-hydrogen) atoms. The summed E-state index contributed by atoms with van der Waals surface area (Å²) in [5, 5.41) is 2.94. The number of rotatable bonds is 7. The van der Waals surface area contributed by atoms with E-state index in [0.29, 0.717) is 4.47 Å². The first-order valence-electron chi connectivity index (χ1n) is 9.40. The highest BCUT2D eigenvalue weighted by Crippen LogP contribution is 2.19. The number of sulfonamides is 1. The number of carbonyl (C=O) groups is 2. The van der Waals surface area contributed by atoms with Gasteiger partial charge in [-0.25, -0.2) is 13.2 Å². The van der Waals surface area contributed by atoms with Gasteiger partial charge in [-0.3, -0.25) is 9.63 Å². The molecule has 156 valence electrons. The zero-order valence-electron chi connectivity index (χ0n) is 16.5. The van der Waals surface area contributed by atoms with Crippen molar-refractivity contribution in [3.63, 3.8) is 0 Å². The zero-order valence-corrected chi connectivity index (χ0v) is 17.3. The number of esters is 1. The van der Waals surface area contributed by atoms with E-state index in [0.717, 1.165) is 25.7 Å². The molecule has 1 aliphatic carbocycles. The van der Waals surface area contributed by atoms with Crippen molar-refractivity contribution in [3.8, 4) is 0 Å². The first-order valence-corrected chi connectivity index (χ1v) is 10.8. The number of nitrogens with zero attached hydrogens (tertiary/aromatic N) is 1. The number of hydroxylamine groups is 1. The monoisotopic (exact) mass is 412 g/mol. The van der Waals surface area contributed by atoms with E-state index >= 15 is 0 Å². The van der Waals surface area contributed by atoms with Gasteiger partial charge in [0.05, 0.1) is 17.6 Å². The molecule has 1 aromatic carbocycles. The van der Waals surface area contributed by atoms with Gasteiger partial charge in [0, 0.05) is 13.1 Å². The van der Waals surface area contributed by atoms with Crippen molar-refractivity contribution in [2.75, 3.05) is 14.2 Å². The lowest BCUT2D eigenvalue weighted by molar-refractivity contribution is -0.129. The van der Waals surface area contributed by atoms with Crippen LogP contribution in [0.5, 0.6) is 0 Å². The Morgan fingerprint density at radius 1 is 1.18 bits per heavy atom. The maximum atomic E-state index is 12.4. The van der Waals surface area contributed by atoms with Gasteiger partial charge in [0.2, 0.25) is 0 Å². The largest absolute Gasteiger partial charge is 0.449 e. The van der Waals surface area contributed by atoms with Crippen molar-refractivity contribution in [1.29, 1.82) is 0 Å². The molecule has 0 unspecified atom stereocenters. The predicted molar refractivity (Wildman–Crippen MR) is 103 cm³/mol. The van der Waals surface area contributed by atoms with Crippen LogP contribution in [0.2, 0.25) is 0 Å². The molecule has 0 spiro atoms. The number of amides is 1. The van der Waals surface area contributed by atoms with Crippen molar-refractivity contribution in [2.45, 2.75) is 62.5 Å². The topological polar surface area (TPSA) is 102 Å². The Morgan fingerprint density at radius 2 is 1.82 bits per heavy atom. The first kappa shape index (κ1) is 22.3. The van der Waals surface area contributed by atoms with Crippen LogP contribution in [0.15, 0.2) is 29.2 Å². The molecule has 0 radical (unpaired) electrons. The number of carbonyl (C=O) groups excluding carboxylic acids is 2. The van der Waals surface area contributed by atoms with Crippen molar-refractivity contribution < 1.29 is 27.6 Å². The van der Waals surface area contributed by atoms with Gasteiger partial charge in [0.1, 0.15) is 0 Å². The Morgan fingerprint density at radius 3 is 2.43 bits per heavy atom. The lowest BCUT2D eigenvalue weighted by atomic mass is 10.1. The number of benzene rings is 1. The summed E-state index contributed by atoms with van der Waals surface area (Å²) >= 11 is 0. The van der Waals surface area contributed by atoms with Crippen molar-refractivity contribution in [2.24, 2.45) is 0 Å². The Balaban J connectivity index is 2.02. The SMILES string of the molecule is CON(C)S(=O)(=O)c1cccc(C(=O)O[C@H](C)C(=O)NC2CCCCCC2)c1.